The normalized spacial score (nSPS) is 26.5. The molecule has 1 N–H and O–H groups in total. The van der Waals surface area contributed by atoms with E-state index in [1.165, 1.54) is 6.42 Å². The van der Waals surface area contributed by atoms with Crippen LogP contribution in [0.1, 0.15) is 51.0 Å². The SMILES string of the molecule is C[C@@H]1CCCC[C@@H]1NS(=O)(=O)c1ccc2c(c1)CCN2C(=O)C1CC1. The molecule has 0 saturated heterocycles. The van der Waals surface area contributed by atoms with E-state index in [0.717, 1.165) is 49.8 Å². The summed E-state index contributed by atoms with van der Waals surface area (Å²) >= 11 is 0. The van der Waals surface area contributed by atoms with Gasteiger partial charge in [-0.05, 0) is 61.8 Å². The summed E-state index contributed by atoms with van der Waals surface area (Å²) < 4.78 is 28.5. The van der Waals surface area contributed by atoms with Crippen molar-refractivity contribution >= 4 is 21.6 Å². The largest absolute Gasteiger partial charge is 0.312 e. The van der Waals surface area contributed by atoms with E-state index < -0.39 is 10.0 Å². The molecule has 0 aromatic heterocycles. The molecule has 0 bridgehead atoms. The summed E-state index contributed by atoms with van der Waals surface area (Å²) in [5.41, 5.74) is 1.86. The van der Waals surface area contributed by atoms with E-state index >= 15 is 0 Å². The third kappa shape index (κ3) is 3.34. The molecule has 2 aliphatic carbocycles. The van der Waals surface area contributed by atoms with Crippen LogP contribution in [0.5, 0.6) is 0 Å². The highest BCUT2D eigenvalue weighted by Gasteiger charge is 2.37. The first-order valence-electron chi connectivity index (χ1n) is 9.42. The Morgan fingerprint density at radius 3 is 2.64 bits per heavy atom. The molecule has 2 saturated carbocycles. The number of hydrogen-bond donors (Lipinski definition) is 1. The molecule has 0 spiro atoms. The third-order valence-electron chi connectivity index (χ3n) is 5.87. The summed E-state index contributed by atoms with van der Waals surface area (Å²) in [5.74, 6) is 0.761. The first kappa shape index (κ1) is 17.0. The zero-order valence-electron chi connectivity index (χ0n) is 14.7. The van der Waals surface area contributed by atoms with E-state index in [9.17, 15) is 13.2 Å². The lowest BCUT2D eigenvalue weighted by molar-refractivity contribution is -0.119. The summed E-state index contributed by atoms with van der Waals surface area (Å²) in [7, 11) is -3.51. The number of carbonyl (C=O) groups excluding carboxylic acids is 1. The van der Waals surface area contributed by atoms with Crippen LogP contribution in [0.2, 0.25) is 0 Å². The van der Waals surface area contributed by atoms with E-state index in [-0.39, 0.29) is 17.9 Å². The van der Waals surface area contributed by atoms with Crippen LogP contribution in [0.4, 0.5) is 5.69 Å². The van der Waals surface area contributed by atoms with Gasteiger partial charge in [-0.25, -0.2) is 13.1 Å². The quantitative estimate of drug-likeness (QED) is 0.896. The number of fused-ring (bicyclic) bond motifs is 1. The minimum Gasteiger partial charge on any atom is -0.312 e. The van der Waals surface area contributed by atoms with Gasteiger partial charge in [-0.2, -0.15) is 0 Å². The Labute approximate surface area is 149 Å². The van der Waals surface area contributed by atoms with Crippen molar-refractivity contribution in [3.05, 3.63) is 23.8 Å². The summed E-state index contributed by atoms with van der Waals surface area (Å²) in [6.07, 6.45) is 6.96. The van der Waals surface area contributed by atoms with E-state index in [0.29, 0.717) is 17.4 Å². The molecule has 1 aromatic carbocycles. The average Bonchev–Trinajstić information content (AvgIpc) is 3.35. The van der Waals surface area contributed by atoms with Crippen molar-refractivity contribution in [3.63, 3.8) is 0 Å². The Hall–Kier alpha value is -1.40. The molecule has 4 rings (SSSR count). The van der Waals surface area contributed by atoms with E-state index in [4.69, 9.17) is 0 Å². The maximum atomic E-state index is 12.8. The van der Waals surface area contributed by atoms with Crippen LogP contribution in [0.25, 0.3) is 0 Å². The maximum absolute atomic E-state index is 12.8. The first-order valence-corrected chi connectivity index (χ1v) is 10.9. The number of anilines is 1. The number of amides is 1. The van der Waals surface area contributed by atoms with Gasteiger partial charge >= 0.3 is 0 Å². The van der Waals surface area contributed by atoms with Crippen LogP contribution in [0.15, 0.2) is 23.1 Å². The second-order valence-electron chi connectivity index (χ2n) is 7.79. The Morgan fingerprint density at radius 1 is 1.16 bits per heavy atom. The number of hydrogen-bond acceptors (Lipinski definition) is 3. The number of nitrogens with one attached hydrogen (secondary N) is 1. The van der Waals surface area contributed by atoms with Gasteiger partial charge in [0.25, 0.3) is 0 Å². The molecule has 0 unspecified atom stereocenters. The molecule has 1 aliphatic heterocycles. The predicted molar refractivity (Wildman–Crippen MR) is 97.0 cm³/mol. The Bertz CT molecular complexity index is 786. The van der Waals surface area contributed by atoms with Gasteiger partial charge in [-0.3, -0.25) is 4.79 Å². The number of carbonyl (C=O) groups is 1. The molecule has 3 aliphatic rings. The fourth-order valence-electron chi connectivity index (χ4n) is 4.08. The molecule has 5 nitrogen and oxygen atoms in total. The van der Waals surface area contributed by atoms with E-state index in [2.05, 4.69) is 11.6 Å². The van der Waals surface area contributed by atoms with Crippen LogP contribution < -0.4 is 9.62 Å². The second kappa shape index (κ2) is 6.40. The Morgan fingerprint density at radius 2 is 1.92 bits per heavy atom. The summed E-state index contributed by atoms with van der Waals surface area (Å²) in [6, 6.07) is 5.24. The van der Waals surface area contributed by atoms with Crippen molar-refractivity contribution in [1.82, 2.24) is 4.72 Å². The summed E-state index contributed by atoms with van der Waals surface area (Å²) in [5, 5.41) is 0. The molecular weight excluding hydrogens is 336 g/mol. The lowest BCUT2D eigenvalue weighted by atomic mass is 9.87. The van der Waals surface area contributed by atoms with Crippen molar-refractivity contribution in [2.24, 2.45) is 11.8 Å². The Balaban J connectivity index is 1.54. The zero-order chi connectivity index (χ0) is 17.6. The molecule has 136 valence electrons. The number of nitrogens with zero attached hydrogens (tertiary/aromatic N) is 1. The van der Waals surface area contributed by atoms with Gasteiger partial charge in [-0.15, -0.1) is 0 Å². The minimum atomic E-state index is -3.51. The van der Waals surface area contributed by atoms with Crippen LogP contribution >= 0.6 is 0 Å². The average molecular weight is 362 g/mol. The fourth-order valence-corrected chi connectivity index (χ4v) is 5.51. The van der Waals surface area contributed by atoms with Crippen molar-refractivity contribution in [1.29, 1.82) is 0 Å². The van der Waals surface area contributed by atoms with E-state index in [1.54, 1.807) is 12.1 Å². The van der Waals surface area contributed by atoms with Gasteiger partial charge in [-0.1, -0.05) is 19.8 Å². The van der Waals surface area contributed by atoms with Crippen LogP contribution in [0.3, 0.4) is 0 Å². The van der Waals surface area contributed by atoms with Crippen molar-refractivity contribution in [2.75, 3.05) is 11.4 Å². The minimum absolute atomic E-state index is 0.0277. The molecule has 1 amide bonds. The highest BCUT2D eigenvalue weighted by atomic mass is 32.2. The van der Waals surface area contributed by atoms with Crippen LogP contribution in [-0.4, -0.2) is 26.9 Å². The van der Waals surface area contributed by atoms with Crippen LogP contribution in [0, 0.1) is 11.8 Å². The van der Waals surface area contributed by atoms with Gasteiger partial charge in [0, 0.05) is 24.2 Å². The molecule has 6 heteroatoms. The van der Waals surface area contributed by atoms with Crippen molar-refractivity contribution < 1.29 is 13.2 Å². The topological polar surface area (TPSA) is 66.5 Å². The lowest BCUT2D eigenvalue weighted by Gasteiger charge is -2.29. The lowest BCUT2D eigenvalue weighted by Crippen LogP contribution is -2.41. The van der Waals surface area contributed by atoms with Gasteiger partial charge < -0.3 is 4.90 Å². The molecule has 2 atom stereocenters. The first-order chi connectivity index (χ1) is 12.0. The molecule has 0 radical (unpaired) electrons. The number of rotatable bonds is 4. The molecule has 1 heterocycles. The van der Waals surface area contributed by atoms with Crippen LogP contribution in [-0.2, 0) is 21.2 Å². The molecule has 2 fully saturated rings. The number of benzene rings is 1. The zero-order valence-corrected chi connectivity index (χ0v) is 15.5. The van der Waals surface area contributed by atoms with Gasteiger partial charge in [0.1, 0.15) is 0 Å². The molecular formula is C19H26N2O3S. The van der Waals surface area contributed by atoms with Crippen molar-refractivity contribution in [3.8, 4) is 0 Å². The maximum Gasteiger partial charge on any atom is 0.240 e. The highest BCUT2D eigenvalue weighted by molar-refractivity contribution is 7.89. The monoisotopic (exact) mass is 362 g/mol. The van der Waals surface area contributed by atoms with Gasteiger partial charge in [0.2, 0.25) is 15.9 Å². The second-order valence-corrected chi connectivity index (χ2v) is 9.51. The number of sulfonamides is 1. The fraction of sp³-hybridized carbons (Fsp3) is 0.632. The summed E-state index contributed by atoms with van der Waals surface area (Å²) in [4.78, 5) is 14.5. The molecule has 1 aromatic rings. The van der Waals surface area contributed by atoms with Gasteiger partial charge in [0.15, 0.2) is 0 Å². The predicted octanol–water partition coefficient (Wildman–Crippen LogP) is 2.84. The van der Waals surface area contributed by atoms with Gasteiger partial charge in [0.05, 0.1) is 4.90 Å². The standard InChI is InChI=1S/C19H26N2O3S/c1-13-4-2-3-5-17(13)20-25(23,24)16-8-9-18-15(12-16)10-11-21(18)19(22)14-6-7-14/h8-9,12-14,17,20H,2-7,10-11H2,1H3/t13-,17+/m1/s1. The summed E-state index contributed by atoms with van der Waals surface area (Å²) in [6.45, 7) is 2.79. The molecule has 25 heavy (non-hydrogen) atoms. The Kier molecular flexibility index (Phi) is 4.36. The third-order valence-corrected chi connectivity index (χ3v) is 7.36. The highest BCUT2D eigenvalue weighted by Crippen LogP contribution is 2.37. The smallest absolute Gasteiger partial charge is 0.240 e. The van der Waals surface area contributed by atoms with Crippen molar-refractivity contribution in [2.45, 2.75) is 62.8 Å². The van der Waals surface area contributed by atoms with E-state index in [1.807, 2.05) is 11.0 Å².